The van der Waals surface area contributed by atoms with Crippen LogP contribution in [0, 0.1) is 0 Å². The van der Waals surface area contributed by atoms with Crippen molar-refractivity contribution in [3.63, 3.8) is 0 Å². The number of rotatable bonds is 1. The fourth-order valence-electron chi connectivity index (χ4n) is 5.05. The quantitative estimate of drug-likeness (QED) is 0.858. The first kappa shape index (κ1) is 14.5. The molecular weight excluding hydrogens is 332 g/mol. The number of carbonyl (C=O) groups excluding carboxylic acids is 1. The third kappa shape index (κ3) is 1.41. The second-order valence-corrected chi connectivity index (χ2v) is 7.24. The molecule has 6 rings (SSSR count). The molecule has 130 valence electrons. The van der Waals surface area contributed by atoms with E-state index in [0.717, 1.165) is 22.3 Å². The molecule has 1 N–H and O–H groups in total. The molecule has 2 bridgehead atoms. The molecule has 2 aliphatic carbocycles. The molecule has 4 aliphatic rings. The molecule has 2 aliphatic heterocycles. The van der Waals surface area contributed by atoms with E-state index in [9.17, 15) is 9.90 Å². The van der Waals surface area contributed by atoms with Gasteiger partial charge in [-0.3, -0.25) is 4.79 Å². The van der Waals surface area contributed by atoms with E-state index < -0.39 is 17.5 Å². The maximum Gasteiger partial charge on any atom is 0.260 e. The maximum absolute atomic E-state index is 12.7. The Morgan fingerprint density at radius 1 is 1.23 bits per heavy atom. The number of hydrogen-bond donors (Lipinski definition) is 1. The number of aliphatic hydroxyl groups excluding tert-OH is 1. The van der Waals surface area contributed by atoms with Gasteiger partial charge in [-0.15, -0.1) is 0 Å². The van der Waals surface area contributed by atoms with Crippen LogP contribution in [0.5, 0.6) is 11.5 Å². The zero-order valence-electron chi connectivity index (χ0n) is 14.1. The first-order valence-electron chi connectivity index (χ1n) is 8.76. The van der Waals surface area contributed by atoms with Gasteiger partial charge in [0.25, 0.3) is 5.79 Å². The summed E-state index contributed by atoms with van der Waals surface area (Å²) in [4.78, 5) is 12.7. The average Bonchev–Trinajstić information content (AvgIpc) is 2.88. The Labute approximate surface area is 149 Å². The van der Waals surface area contributed by atoms with E-state index in [1.165, 1.54) is 6.08 Å². The summed E-state index contributed by atoms with van der Waals surface area (Å²) in [5, 5.41) is 10.5. The predicted octanol–water partition coefficient (Wildman–Crippen LogP) is 3.09. The van der Waals surface area contributed by atoms with Crippen molar-refractivity contribution in [1.82, 2.24) is 0 Å². The Bertz CT molecular complexity index is 1040. The number of carbonyl (C=O) groups is 1. The van der Waals surface area contributed by atoms with Gasteiger partial charge < -0.3 is 19.3 Å². The van der Waals surface area contributed by atoms with Gasteiger partial charge in [0, 0.05) is 11.1 Å². The Kier molecular flexibility index (Phi) is 2.44. The smallest absolute Gasteiger partial charge is 0.260 e. The zero-order chi connectivity index (χ0) is 17.7. The molecule has 0 saturated carbocycles. The van der Waals surface area contributed by atoms with Gasteiger partial charge in [0.15, 0.2) is 5.78 Å². The van der Waals surface area contributed by atoms with Gasteiger partial charge >= 0.3 is 0 Å². The minimum atomic E-state index is -1.12. The molecule has 5 nitrogen and oxygen atoms in total. The molecule has 5 heteroatoms. The van der Waals surface area contributed by atoms with Crippen LogP contribution in [0.3, 0.4) is 0 Å². The third-order valence-corrected chi connectivity index (χ3v) is 6.05. The Balaban J connectivity index is 1.77. The molecular formula is C21H16O5. The first-order chi connectivity index (χ1) is 12.6. The zero-order valence-corrected chi connectivity index (χ0v) is 14.1. The normalized spacial score (nSPS) is 31.9. The van der Waals surface area contributed by atoms with E-state index >= 15 is 0 Å². The van der Waals surface area contributed by atoms with Crippen molar-refractivity contribution < 1.29 is 24.1 Å². The number of benzene rings is 2. The lowest BCUT2D eigenvalue weighted by Crippen LogP contribution is -2.44. The molecule has 0 fully saturated rings. The fraction of sp³-hybridized carbons (Fsp3) is 0.286. The molecule has 2 heterocycles. The molecule has 0 aromatic heterocycles. The van der Waals surface area contributed by atoms with Crippen LogP contribution in [0.4, 0.5) is 0 Å². The van der Waals surface area contributed by atoms with Gasteiger partial charge in [-0.25, -0.2) is 0 Å². The molecule has 0 unspecified atom stereocenters. The topological polar surface area (TPSA) is 65.0 Å². The van der Waals surface area contributed by atoms with Crippen LogP contribution in [0.2, 0.25) is 0 Å². The van der Waals surface area contributed by atoms with Gasteiger partial charge in [-0.2, -0.15) is 0 Å². The van der Waals surface area contributed by atoms with E-state index in [4.69, 9.17) is 14.2 Å². The molecule has 2 aromatic carbocycles. The molecule has 2 spiro atoms. The molecule has 0 saturated heterocycles. The predicted molar refractivity (Wildman–Crippen MR) is 91.3 cm³/mol. The highest BCUT2D eigenvalue weighted by atomic mass is 16.7. The number of allylic oxidation sites excluding steroid dienone is 1. The van der Waals surface area contributed by atoms with E-state index in [0.29, 0.717) is 29.9 Å². The van der Waals surface area contributed by atoms with Gasteiger partial charge in [0.2, 0.25) is 0 Å². The lowest BCUT2D eigenvalue weighted by Gasteiger charge is -2.45. The molecule has 2 aromatic rings. The molecule has 0 amide bonds. The summed E-state index contributed by atoms with van der Waals surface area (Å²) in [5.74, 6) is -0.0110. The third-order valence-electron chi connectivity index (χ3n) is 6.05. The van der Waals surface area contributed by atoms with Crippen molar-refractivity contribution in [2.45, 2.75) is 30.3 Å². The van der Waals surface area contributed by atoms with Crippen LogP contribution in [-0.2, 0) is 16.1 Å². The summed E-state index contributed by atoms with van der Waals surface area (Å²) in [7, 11) is 1.56. The number of ketones is 1. The second-order valence-electron chi connectivity index (χ2n) is 7.24. The number of methoxy groups -OCH3 is 1. The minimum Gasteiger partial charge on any atom is -0.496 e. The SMILES string of the molecule is COc1ccc2c3c1C(=O)C=C[C@]31Oc3cccc4c3[C@@]2(CC[C@H]4O)O1. The van der Waals surface area contributed by atoms with Crippen molar-refractivity contribution in [2.75, 3.05) is 7.11 Å². The summed E-state index contributed by atoms with van der Waals surface area (Å²) in [6, 6.07) is 9.52. The standard InChI is InChI=1S/C21H16O5/c1-24-15-6-5-12-19-17(15)14(23)8-10-21(19)25-16-4-2-3-11-13(22)7-9-20(12,26-21)18(11)16/h2-6,8,10,13,22H,7,9H2,1H3/t13-,20+,21-/m1/s1. The Morgan fingerprint density at radius 2 is 2.12 bits per heavy atom. The van der Waals surface area contributed by atoms with Crippen LogP contribution in [0.25, 0.3) is 0 Å². The van der Waals surface area contributed by atoms with Crippen molar-refractivity contribution in [1.29, 1.82) is 0 Å². The largest absolute Gasteiger partial charge is 0.496 e. The Morgan fingerprint density at radius 3 is 2.96 bits per heavy atom. The van der Waals surface area contributed by atoms with Crippen LogP contribution < -0.4 is 9.47 Å². The van der Waals surface area contributed by atoms with Crippen LogP contribution in [0.1, 0.15) is 51.6 Å². The van der Waals surface area contributed by atoms with E-state index in [1.54, 1.807) is 13.2 Å². The van der Waals surface area contributed by atoms with Crippen molar-refractivity contribution in [3.8, 4) is 11.5 Å². The van der Waals surface area contributed by atoms with Crippen LogP contribution in [0.15, 0.2) is 42.5 Å². The highest BCUT2D eigenvalue weighted by Crippen LogP contribution is 2.65. The number of hydrogen-bond acceptors (Lipinski definition) is 5. The van der Waals surface area contributed by atoms with Crippen molar-refractivity contribution in [2.24, 2.45) is 0 Å². The summed E-state index contributed by atoms with van der Waals surface area (Å²) in [6.07, 6.45) is 3.88. The Hall–Kier alpha value is -2.63. The lowest BCUT2D eigenvalue weighted by molar-refractivity contribution is -0.225. The molecule has 0 radical (unpaired) electrons. The van der Waals surface area contributed by atoms with E-state index in [-0.39, 0.29) is 5.78 Å². The van der Waals surface area contributed by atoms with Crippen molar-refractivity contribution in [3.05, 3.63) is 70.3 Å². The molecule has 3 atom stereocenters. The lowest BCUT2D eigenvalue weighted by atomic mass is 9.72. The van der Waals surface area contributed by atoms with Crippen LogP contribution in [-0.4, -0.2) is 18.0 Å². The highest BCUT2D eigenvalue weighted by molar-refractivity contribution is 6.10. The van der Waals surface area contributed by atoms with Gasteiger partial charge in [-0.1, -0.05) is 18.2 Å². The fourth-order valence-corrected chi connectivity index (χ4v) is 5.05. The highest BCUT2D eigenvalue weighted by Gasteiger charge is 2.63. The van der Waals surface area contributed by atoms with Gasteiger partial charge in [0.1, 0.15) is 17.1 Å². The van der Waals surface area contributed by atoms with Gasteiger partial charge in [0.05, 0.1) is 18.8 Å². The monoisotopic (exact) mass is 348 g/mol. The van der Waals surface area contributed by atoms with Gasteiger partial charge in [-0.05, 0) is 48.3 Å². The van der Waals surface area contributed by atoms with E-state index in [1.807, 2.05) is 30.3 Å². The summed E-state index contributed by atoms with van der Waals surface area (Å²) < 4.78 is 18.4. The van der Waals surface area contributed by atoms with Crippen LogP contribution >= 0.6 is 0 Å². The first-order valence-corrected chi connectivity index (χ1v) is 8.76. The number of aliphatic hydroxyl groups is 1. The summed E-state index contributed by atoms with van der Waals surface area (Å²) in [6.45, 7) is 0. The molecule has 26 heavy (non-hydrogen) atoms. The van der Waals surface area contributed by atoms with Crippen molar-refractivity contribution >= 4 is 5.78 Å². The number of ether oxygens (including phenoxy) is 3. The van der Waals surface area contributed by atoms with E-state index in [2.05, 4.69) is 0 Å². The second kappa shape index (κ2) is 4.37. The summed E-state index contributed by atoms with van der Waals surface area (Å²) >= 11 is 0. The maximum atomic E-state index is 12.7. The summed E-state index contributed by atoms with van der Waals surface area (Å²) in [5.41, 5.74) is 3.18. The minimum absolute atomic E-state index is 0.111. The average molecular weight is 348 g/mol.